The average molecular weight is 311 g/mol. The number of thioether (sulfide) groups is 1. The molecule has 0 atom stereocenters. The van der Waals surface area contributed by atoms with E-state index in [0.29, 0.717) is 17.9 Å². The zero-order chi connectivity index (χ0) is 14.3. The normalized spacial score (nSPS) is 11.7. The molecule has 0 unspecified atom stereocenters. The van der Waals surface area contributed by atoms with E-state index < -0.39 is 26.6 Å². The highest BCUT2D eigenvalue weighted by molar-refractivity contribution is 7.99. The number of nitrogens with one attached hydrogen (secondary N) is 1. The molecule has 0 saturated carbocycles. The first-order chi connectivity index (χ1) is 8.99. The molecule has 0 aromatic heterocycles. The molecule has 0 amide bonds. The van der Waals surface area contributed by atoms with Crippen molar-refractivity contribution in [3.8, 4) is 0 Å². The van der Waals surface area contributed by atoms with Crippen LogP contribution in [0.2, 0.25) is 0 Å². The number of rotatable bonds is 8. The molecular weight excluding hydrogens is 296 g/mol. The minimum absolute atomic E-state index is 0.0756. The molecular formula is C11H15F2NO3S2. The summed E-state index contributed by atoms with van der Waals surface area (Å²) < 4.78 is 52.2. The Balaban J connectivity index is 2.57. The number of halogens is 2. The minimum atomic E-state index is -4.18. The van der Waals surface area contributed by atoms with Crippen molar-refractivity contribution in [1.29, 1.82) is 0 Å². The third-order valence-electron chi connectivity index (χ3n) is 2.17. The van der Waals surface area contributed by atoms with Crippen LogP contribution >= 0.6 is 11.8 Å². The number of hydrogen-bond acceptors (Lipinski definition) is 4. The zero-order valence-corrected chi connectivity index (χ0v) is 11.7. The molecule has 0 aliphatic rings. The molecule has 1 rings (SSSR count). The molecule has 0 spiro atoms. The quantitative estimate of drug-likeness (QED) is 0.712. The van der Waals surface area contributed by atoms with Crippen molar-refractivity contribution in [2.75, 3.05) is 24.7 Å². The van der Waals surface area contributed by atoms with Crippen molar-refractivity contribution in [2.45, 2.75) is 11.3 Å². The first-order valence-electron chi connectivity index (χ1n) is 5.61. The van der Waals surface area contributed by atoms with Gasteiger partial charge in [0.15, 0.2) is 4.90 Å². The lowest BCUT2D eigenvalue weighted by Crippen LogP contribution is -2.27. The van der Waals surface area contributed by atoms with Crippen molar-refractivity contribution < 1.29 is 22.3 Å². The third kappa shape index (κ3) is 5.06. The highest BCUT2D eigenvalue weighted by Crippen LogP contribution is 2.17. The Morgan fingerprint density at radius 1 is 1.21 bits per heavy atom. The van der Waals surface area contributed by atoms with Crippen LogP contribution in [0.25, 0.3) is 0 Å². The van der Waals surface area contributed by atoms with Gasteiger partial charge in [0.05, 0.1) is 0 Å². The van der Waals surface area contributed by atoms with Crippen molar-refractivity contribution in [2.24, 2.45) is 0 Å². The fourth-order valence-electron chi connectivity index (χ4n) is 1.33. The van der Waals surface area contributed by atoms with Gasteiger partial charge in [-0.05, 0) is 24.3 Å². The summed E-state index contributed by atoms with van der Waals surface area (Å²) in [6.07, 6.45) is 0.624. The molecule has 4 nitrogen and oxygen atoms in total. The summed E-state index contributed by atoms with van der Waals surface area (Å²) in [6, 6.07) is 2.90. The van der Waals surface area contributed by atoms with E-state index in [9.17, 15) is 17.2 Å². The Kier molecular flexibility index (Phi) is 6.70. The Morgan fingerprint density at radius 2 is 1.84 bits per heavy atom. The molecule has 0 heterocycles. The van der Waals surface area contributed by atoms with Crippen LogP contribution in [0.4, 0.5) is 8.78 Å². The second kappa shape index (κ2) is 7.78. The zero-order valence-electron chi connectivity index (χ0n) is 10.1. The van der Waals surface area contributed by atoms with Gasteiger partial charge in [0.25, 0.3) is 0 Å². The van der Waals surface area contributed by atoms with Gasteiger partial charge < -0.3 is 5.11 Å². The van der Waals surface area contributed by atoms with Gasteiger partial charge in [-0.25, -0.2) is 21.9 Å². The van der Waals surface area contributed by atoms with E-state index in [0.717, 1.165) is 18.2 Å². The van der Waals surface area contributed by atoms with Crippen LogP contribution < -0.4 is 4.72 Å². The van der Waals surface area contributed by atoms with Crippen LogP contribution in [0.5, 0.6) is 0 Å². The summed E-state index contributed by atoms with van der Waals surface area (Å²) in [5.41, 5.74) is 0. The molecule has 0 fully saturated rings. The second-order valence-electron chi connectivity index (χ2n) is 3.64. The highest BCUT2D eigenvalue weighted by Gasteiger charge is 2.22. The maximum atomic E-state index is 13.3. The largest absolute Gasteiger partial charge is 0.396 e. The van der Waals surface area contributed by atoms with Gasteiger partial charge in [-0.1, -0.05) is 6.07 Å². The summed E-state index contributed by atoms with van der Waals surface area (Å²) in [5.74, 6) is -1.05. The van der Waals surface area contributed by atoms with Gasteiger partial charge in [-0.3, -0.25) is 0 Å². The van der Waals surface area contributed by atoms with Crippen LogP contribution in [0.15, 0.2) is 23.1 Å². The van der Waals surface area contributed by atoms with E-state index >= 15 is 0 Å². The number of aliphatic hydroxyl groups is 1. The van der Waals surface area contributed by atoms with Crippen molar-refractivity contribution in [1.82, 2.24) is 4.72 Å². The number of hydrogen-bond donors (Lipinski definition) is 2. The standard InChI is InChI=1S/C11H15F2NO3S2/c12-9-3-1-4-10(13)11(9)19(16,17)14-5-8-18-7-2-6-15/h1,3-4,14-15H,2,5-8H2. The Morgan fingerprint density at radius 3 is 2.42 bits per heavy atom. The van der Waals surface area contributed by atoms with Gasteiger partial charge in [-0.2, -0.15) is 11.8 Å². The lowest BCUT2D eigenvalue weighted by atomic mass is 10.3. The fourth-order valence-corrected chi connectivity index (χ4v) is 3.41. The Bertz CT molecular complexity index is 488. The molecule has 0 saturated heterocycles. The molecule has 8 heteroatoms. The van der Waals surface area contributed by atoms with Gasteiger partial charge >= 0.3 is 0 Å². The molecule has 108 valence electrons. The monoisotopic (exact) mass is 311 g/mol. The molecule has 2 N–H and O–H groups in total. The first kappa shape index (κ1) is 16.4. The highest BCUT2D eigenvalue weighted by atomic mass is 32.2. The molecule has 0 bridgehead atoms. The van der Waals surface area contributed by atoms with Gasteiger partial charge in [0.2, 0.25) is 10.0 Å². The molecule has 1 aromatic rings. The lowest BCUT2D eigenvalue weighted by Gasteiger charge is -2.08. The van der Waals surface area contributed by atoms with E-state index in [1.807, 2.05) is 0 Å². The van der Waals surface area contributed by atoms with Crippen molar-refractivity contribution in [3.05, 3.63) is 29.8 Å². The molecule has 1 aromatic carbocycles. The van der Waals surface area contributed by atoms with E-state index in [1.54, 1.807) is 0 Å². The van der Waals surface area contributed by atoms with E-state index in [4.69, 9.17) is 5.11 Å². The van der Waals surface area contributed by atoms with Crippen molar-refractivity contribution in [3.63, 3.8) is 0 Å². The predicted molar refractivity (Wildman–Crippen MR) is 70.6 cm³/mol. The topological polar surface area (TPSA) is 66.4 Å². The number of aliphatic hydroxyl groups excluding tert-OH is 1. The number of sulfonamides is 1. The maximum absolute atomic E-state index is 13.3. The van der Waals surface area contributed by atoms with Crippen LogP contribution in [0, 0.1) is 11.6 Å². The smallest absolute Gasteiger partial charge is 0.246 e. The van der Waals surface area contributed by atoms with Crippen LogP contribution in [-0.2, 0) is 10.0 Å². The average Bonchev–Trinajstić information content (AvgIpc) is 2.33. The SMILES string of the molecule is O=S(=O)(NCCSCCCO)c1c(F)cccc1F. The van der Waals surface area contributed by atoms with Gasteiger partial charge in [-0.15, -0.1) is 0 Å². The van der Waals surface area contributed by atoms with Gasteiger partial charge in [0.1, 0.15) is 11.6 Å². The minimum Gasteiger partial charge on any atom is -0.396 e. The van der Waals surface area contributed by atoms with Crippen LogP contribution in [0.3, 0.4) is 0 Å². The van der Waals surface area contributed by atoms with Crippen LogP contribution in [0.1, 0.15) is 6.42 Å². The fraction of sp³-hybridized carbons (Fsp3) is 0.455. The Labute approximate surface area is 115 Å². The first-order valence-corrected chi connectivity index (χ1v) is 8.25. The van der Waals surface area contributed by atoms with Crippen LogP contribution in [-0.4, -0.2) is 38.2 Å². The van der Waals surface area contributed by atoms with Crippen molar-refractivity contribution >= 4 is 21.8 Å². The molecule has 0 aliphatic carbocycles. The maximum Gasteiger partial charge on any atom is 0.246 e. The molecule has 19 heavy (non-hydrogen) atoms. The summed E-state index contributed by atoms with van der Waals surface area (Å²) >= 11 is 1.45. The summed E-state index contributed by atoms with van der Waals surface area (Å²) in [5, 5.41) is 8.55. The molecule has 0 radical (unpaired) electrons. The molecule has 0 aliphatic heterocycles. The third-order valence-corrected chi connectivity index (χ3v) is 4.75. The summed E-state index contributed by atoms with van der Waals surface area (Å²) in [7, 11) is -4.18. The van der Waals surface area contributed by atoms with E-state index in [-0.39, 0.29) is 13.2 Å². The van der Waals surface area contributed by atoms with E-state index in [2.05, 4.69) is 4.72 Å². The van der Waals surface area contributed by atoms with E-state index in [1.165, 1.54) is 11.8 Å². The Hall–Kier alpha value is -0.700. The summed E-state index contributed by atoms with van der Waals surface area (Å²) in [4.78, 5) is -0.949. The predicted octanol–water partition coefficient (Wildman–Crippen LogP) is 1.36. The lowest BCUT2D eigenvalue weighted by molar-refractivity contribution is 0.296. The second-order valence-corrected chi connectivity index (χ2v) is 6.57. The van der Waals surface area contributed by atoms with Gasteiger partial charge in [0, 0.05) is 18.9 Å². The summed E-state index contributed by atoms with van der Waals surface area (Å²) in [6.45, 7) is 0.158. The number of benzene rings is 1.